The second-order valence-electron chi connectivity index (χ2n) is 8.31. The van der Waals surface area contributed by atoms with Gasteiger partial charge in [-0.05, 0) is 39.2 Å². The maximum absolute atomic E-state index is 8.49. The Morgan fingerprint density at radius 1 is 1.07 bits per heavy atom. The largest absolute Gasteiger partial charge is 0.327 e. The van der Waals surface area contributed by atoms with Crippen LogP contribution in [0.1, 0.15) is 66.2 Å². The van der Waals surface area contributed by atoms with Crippen molar-refractivity contribution in [1.82, 2.24) is 4.90 Å². The molecule has 0 aromatic heterocycles. The Bertz CT molecular complexity index is 539. The Labute approximate surface area is 176 Å². The van der Waals surface area contributed by atoms with Gasteiger partial charge in [0.15, 0.2) is 0 Å². The number of nitrogens with zero attached hydrogens (tertiary/aromatic N) is 2. The molecule has 0 bridgehead atoms. The van der Waals surface area contributed by atoms with Crippen LogP contribution in [0.3, 0.4) is 0 Å². The van der Waals surface area contributed by atoms with Crippen LogP contribution in [0.4, 0.5) is 0 Å². The number of nitrogens with two attached hydrogens (primary N) is 1. The molecule has 1 radical (unpaired) electrons. The van der Waals surface area contributed by atoms with E-state index in [2.05, 4.69) is 32.6 Å². The smallest absolute Gasteiger partial charge is 0.248 e. The Morgan fingerprint density at radius 3 is 2.24 bits per heavy atom. The lowest BCUT2D eigenvalue weighted by atomic mass is 9.72. The SMILES string of the molecule is CCN=C1CC2C(CC1CC)[O+]C1C(CC)C(N)CCC1N2CC.[O-][Cl+3]([O-])([O-])[O-]. The molecule has 7 unspecified atom stereocenters. The molecule has 0 spiro atoms. The van der Waals surface area contributed by atoms with Crippen molar-refractivity contribution in [3.05, 3.63) is 0 Å². The van der Waals surface area contributed by atoms with E-state index >= 15 is 0 Å². The van der Waals surface area contributed by atoms with Crippen molar-refractivity contribution < 1.29 is 33.6 Å². The van der Waals surface area contributed by atoms with Crippen LogP contribution in [0.5, 0.6) is 0 Å². The van der Waals surface area contributed by atoms with Gasteiger partial charge in [0.1, 0.15) is 0 Å². The molecule has 0 amide bonds. The van der Waals surface area contributed by atoms with Gasteiger partial charge in [-0.3, -0.25) is 9.89 Å². The van der Waals surface area contributed by atoms with Crippen LogP contribution < -0.4 is 24.4 Å². The van der Waals surface area contributed by atoms with Crippen molar-refractivity contribution in [2.24, 2.45) is 22.6 Å². The van der Waals surface area contributed by atoms with Crippen molar-refractivity contribution in [3.8, 4) is 0 Å². The van der Waals surface area contributed by atoms with E-state index in [9.17, 15) is 0 Å². The molecule has 2 N–H and O–H groups in total. The zero-order chi connectivity index (χ0) is 21.8. The van der Waals surface area contributed by atoms with E-state index in [1.165, 1.54) is 18.6 Å². The van der Waals surface area contributed by atoms with Gasteiger partial charge >= 0.3 is 0 Å². The summed E-state index contributed by atoms with van der Waals surface area (Å²) in [4.78, 5) is 7.61. The summed E-state index contributed by atoms with van der Waals surface area (Å²) in [6, 6.07) is 1.40. The molecule has 3 aliphatic rings. The number of likely N-dealkylation sites (N-methyl/N-ethyl adjacent to an activating group) is 1. The summed E-state index contributed by atoms with van der Waals surface area (Å²) in [6.45, 7) is 11.1. The minimum absolute atomic E-state index is 0.314. The molecular weight excluding hydrogens is 398 g/mol. The lowest BCUT2D eigenvalue weighted by Gasteiger charge is -2.50. The van der Waals surface area contributed by atoms with Gasteiger partial charge in [-0.2, -0.15) is 0 Å². The van der Waals surface area contributed by atoms with Gasteiger partial charge in [-0.25, -0.2) is 18.6 Å². The maximum Gasteiger partial charge on any atom is 0.248 e. The summed E-state index contributed by atoms with van der Waals surface area (Å²) >= 11 is 0. The summed E-state index contributed by atoms with van der Waals surface area (Å²) in [5.41, 5.74) is 7.89. The number of hydrogen-bond acceptors (Lipinski definition) is 8. The second kappa shape index (κ2) is 10.8. The topological polar surface area (TPSA) is 145 Å². The molecule has 8 nitrogen and oxygen atoms in total. The highest BCUT2D eigenvalue weighted by atomic mass is 35.7. The van der Waals surface area contributed by atoms with Gasteiger partial charge in [0.2, 0.25) is 12.2 Å². The molecule has 1 heterocycles. The molecule has 2 aliphatic carbocycles. The van der Waals surface area contributed by atoms with E-state index < -0.39 is 10.2 Å². The summed E-state index contributed by atoms with van der Waals surface area (Å²) in [5.74, 6) is 1.13. The molecule has 169 valence electrons. The fourth-order valence-electron chi connectivity index (χ4n) is 5.63. The van der Waals surface area contributed by atoms with E-state index in [1.807, 2.05) is 0 Å². The van der Waals surface area contributed by atoms with Gasteiger partial charge in [0, 0.05) is 37.1 Å². The molecule has 3 rings (SSSR count). The molecule has 2 saturated carbocycles. The molecule has 3 fully saturated rings. The lowest BCUT2D eigenvalue weighted by Crippen LogP contribution is -2.68. The fraction of sp³-hybridized carbons (Fsp3) is 0.950. The number of hydrogen-bond donors (Lipinski definition) is 1. The predicted molar refractivity (Wildman–Crippen MR) is 101 cm³/mol. The van der Waals surface area contributed by atoms with Crippen LogP contribution in [0.25, 0.3) is 0 Å². The minimum Gasteiger partial charge on any atom is -0.327 e. The second-order valence-corrected chi connectivity index (χ2v) is 9.06. The third-order valence-corrected chi connectivity index (χ3v) is 6.86. The molecular formula is C20H37ClN3O5. The van der Waals surface area contributed by atoms with Gasteiger partial charge in [-0.15, -0.1) is 15.0 Å². The number of morpholine rings is 1. The Morgan fingerprint density at radius 2 is 1.72 bits per heavy atom. The molecule has 29 heavy (non-hydrogen) atoms. The predicted octanol–water partition coefficient (Wildman–Crippen LogP) is -1.51. The number of halogens is 1. The van der Waals surface area contributed by atoms with Crippen LogP contribution in [-0.2, 0) is 4.74 Å². The lowest BCUT2D eigenvalue weighted by molar-refractivity contribution is -2.00. The highest BCUT2D eigenvalue weighted by Gasteiger charge is 2.58. The number of fused-ring (bicyclic) bond motifs is 2. The fourth-order valence-corrected chi connectivity index (χ4v) is 5.63. The zero-order valence-corrected chi connectivity index (χ0v) is 18.8. The summed E-state index contributed by atoms with van der Waals surface area (Å²) in [6.07, 6.45) is 7.61. The minimum atomic E-state index is -4.94. The maximum atomic E-state index is 8.49. The van der Waals surface area contributed by atoms with Crippen molar-refractivity contribution in [2.75, 3.05) is 13.1 Å². The average molecular weight is 435 g/mol. The third-order valence-electron chi connectivity index (χ3n) is 6.86. The molecule has 7 atom stereocenters. The Hall–Kier alpha value is -0.320. The molecule has 1 aliphatic heterocycles. The summed E-state index contributed by atoms with van der Waals surface area (Å²) in [7, 11) is -4.94. The van der Waals surface area contributed by atoms with Gasteiger partial charge in [0.25, 0.3) is 0 Å². The van der Waals surface area contributed by atoms with Gasteiger partial charge < -0.3 is 5.73 Å². The summed E-state index contributed by atoms with van der Waals surface area (Å²) < 4.78 is 40.8. The van der Waals surface area contributed by atoms with E-state index in [1.54, 1.807) is 0 Å². The van der Waals surface area contributed by atoms with Crippen LogP contribution in [0.2, 0.25) is 0 Å². The molecule has 0 aromatic carbocycles. The zero-order valence-electron chi connectivity index (χ0n) is 18.1. The Kier molecular flexibility index (Phi) is 9.30. The number of rotatable bonds is 4. The first-order chi connectivity index (χ1) is 13.6. The summed E-state index contributed by atoms with van der Waals surface area (Å²) in [5, 5.41) is 0. The van der Waals surface area contributed by atoms with Crippen molar-refractivity contribution in [3.63, 3.8) is 0 Å². The average Bonchev–Trinajstić information content (AvgIpc) is 2.64. The van der Waals surface area contributed by atoms with Crippen LogP contribution in [0.15, 0.2) is 4.99 Å². The third kappa shape index (κ3) is 6.33. The van der Waals surface area contributed by atoms with Crippen LogP contribution in [0, 0.1) is 22.1 Å². The first-order valence-electron chi connectivity index (χ1n) is 11.0. The molecule has 1 saturated heterocycles. The van der Waals surface area contributed by atoms with Gasteiger partial charge in [-0.1, -0.05) is 20.8 Å². The monoisotopic (exact) mass is 434 g/mol. The number of ether oxygens (including phenoxy) is 1. The van der Waals surface area contributed by atoms with E-state index in [4.69, 9.17) is 34.1 Å². The van der Waals surface area contributed by atoms with Crippen molar-refractivity contribution in [2.45, 2.75) is 96.6 Å². The van der Waals surface area contributed by atoms with E-state index in [0.29, 0.717) is 42.2 Å². The van der Waals surface area contributed by atoms with Crippen LogP contribution in [-0.4, -0.2) is 54.0 Å². The normalized spacial score (nSPS) is 39.3. The van der Waals surface area contributed by atoms with Crippen molar-refractivity contribution >= 4 is 5.71 Å². The van der Waals surface area contributed by atoms with Gasteiger partial charge in [0.05, 0.1) is 18.0 Å². The van der Waals surface area contributed by atoms with E-state index in [0.717, 1.165) is 38.8 Å². The quantitative estimate of drug-likeness (QED) is 0.529. The molecule has 0 aromatic rings. The van der Waals surface area contributed by atoms with Crippen molar-refractivity contribution in [1.29, 1.82) is 0 Å². The standard InChI is InChI=1S/C20H37N3O.ClHO4/c1-5-13-11-19-18(12-16(13)22-7-3)23(8-4)17-10-9-15(21)14(6-2)20(17)24-19;2-1(3,4)5/h13-15,17-20H,5-12,21H2,1-4H3;(H,2,3,4,5)/q+1;/p-1. The number of aliphatic imine (C=N–C) groups is 1. The first kappa shape index (κ1) is 24.9. The molecule has 9 heteroatoms. The highest BCUT2D eigenvalue weighted by Crippen LogP contribution is 2.42. The Balaban J connectivity index is 0.000000537. The van der Waals surface area contributed by atoms with Crippen LogP contribution >= 0.6 is 0 Å². The highest BCUT2D eigenvalue weighted by molar-refractivity contribution is 5.88. The first-order valence-corrected chi connectivity index (χ1v) is 12.2. The van der Waals surface area contributed by atoms with E-state index in [-0.39, 0.29) is 0 Å².